The first-order chi connectivity index (χ1) is 12.0. The first-order valence-corrected chi connectivity index (χ1v) is 8.78. The third-order valence-electron chi connectivity index (χ3n) is 3.54. The Hall–Kier alpha value is -2.05. The zero-order chi connectivity index (χ0) is 18.2. The van der Waals surface area contributed by atoms with Crippen molar-refractivity contribution in [1.82, 2.24) is 4.90 Å². The van der Waals surface area contributed by atoms with Crippen molar-refractivity contribution in [3.8, 4) is 0 Å². The second kappa shape index (κ2) is 9.44. The first kappa shape index (κ1) is 19.3. The molecule has 0 saturated heterocycles. The van der Waals surface area contributed by atoms with Gasteiger partial charge in [-0.2, -0.15) is 0 Å². The molecule has 2 aromatic rings. The number of hydrogen-bond acceptors (Lipinski definition) is 4. The molecule has 0 unspecified atom stereocenters. The van der Waals surface area contributed by atoms with Crippen LogP contribution in [0.2, 0.25) is 5.02 Å². The van der Waals surface area contributed by atoms with Crippen LogP contribution in [0.25, 0.3) is 0 Å². The van der Waals surface area contributed by atoms with Gasteiger partial charge in [-0.3, -0.25) is 4.79 Å². The highest BCUT2D eigenvalue weighted by Gasteiger charge is 2.15. The normalized spacial score (nSPS) is 10.4. The van der Waals surface area contributed by atoms with Crippen molar-refractivity contribution in [2.45, 2.75) is 26.8 Å². The van der Waals surface area contributed by atoms with Gasteiger partial charge in [0, 0.05) is 17.3 Å². The lowest BCUT2D eigenvalue weighted by Gasteiger charge is -2.25. The second-order valence-electron chi connectivity index (χ2n) is 5.45. The van der Waals surface area contributed by atoms with E-state index in [2.05, 4.69) is 5.32 Å². The number of benzene rings is 1. The van der Waals surface area contributed by atoms with Gasteiger partial charge < -0.3 is 19.4 Å². The minimum atomic E-state index is -0.252. The lowest BCUT2D eigenvalue weighted by molar-refractivity contribution is -0.143. The largest absolute Gasteiger partial charge is 0.467 e. The Labute approximate surface area is 157 Å². The van der Waals surface area contributed by atoms with Crippen LogP contribution in [0.3, 0.4) is 0 Å². The van der Waals surface area contributed by atoms with Gasteiger partial charge in [-0.1, -0.05) is 11.6 Å². The number of rotatable bonds is 7. The molecule has 0 radical (unpaired) electrons. The summed E-state index contributed by atoms with van der Waals surface area (Å²) in [4.78, 5) is 13.5. The van der Waals surface area contributed by atoms with Crippen molar-refractivity contribution in [3.05, 3.63) is 52.9 Å². The molecule has 0 bridgehead atoms. The van der Waals surface area contributed by atoms with Crippen molar-refractivity contribution in [2.75, 3.05) is 18.5 Å². The quantitative estimate of drug-likeness (QED) is 0.567. The molecular formula is C18H21ClN2O3S. The van der Waals surface area contributed by atoms with E-state index < -0.39 is 0 Å². The zero-order valence-electron chi connectivity index (χ0n) is 14.3. The highest BCUT2D eigenvalue weighted by molar-refractivity contribution is 7.80. The van der Waals surface area contributed by atoms with Gasteiger partial charge in [0.2, 0.25) is 0 Å². The molecule has 134 valence electrons. The van der Waals surface area contributed by atoms with Crippen molar-refractivity contribution in [3.63, 3.8) is 0 Å². The summed E-state index contributed by atoms with van der Waals surface area (Å²) in [5.41, 5.74) is 1.85. The highest BCUT2D eigenvalue weighted by Crippen LogP contribution is 2.20. The van der Waals surface area contributed by atoms with Crippen LogP contribution in [0.15, 0.2) is 41.0 Å². The average molecular weight is 381 g/mol. The lowest BCUT2D eigenvalue weighted by Crippen LogP contribution is -2.36. The Morgan fingerprint density at radius 2 is 2.20 bits per heavy atom. The summed E-state index contributed by atoms with van der Waals surface area (Å²) in [6, 6.07) is 9.23. The van der Waals surface area contributed by atoms with Crippen molar-refractivity contribution in [2.24, 2.45) is 0 Å². The number of halogens is 1. The number of ether oxygens (including phenoxy) is 1. The van der Waals surface area contributed by atoms with Crippen LogP contribution in [0.1, 0.15) is 24.7 Å². The maximum absolute atomic E-state index is 11.7. The van der Waals surface area contributed by atoms with Gasteiger partial charge in [-0.25, -0.2) is 0 Å². The van der Waals surface area contributed by atoms with E-state index in [4.69, 9.17) is 33.0 Å². The maximum atomic E-state index is 11.7. The second-order valence-corrected chi connectivity index (χ2v) is 6.27. The molecule has 1 N–H and O–H groups in total. The van der Waals surface area contributed by atoms with E-state index in [0.29, 0.717) is 29.8 Å². The molecule has 7 heteroatoms. The molecule has 0 aliphatic rings. The van der Waals surface area contributed by atoms with Gasteiger partial charge in [0.05, 0.1) is 25.8 Å². The predicted molar refractivity (Wildman–Crippen MR) is 103 cm³/mol. The van der Waals surface area contributed by atoms with Crippen LogP contribution in [-0.2, 0) is 16.1 Å². The summed E-state index contributed by atoms with van der Waals surface area (Å²) in [6.07, 6.45) is 1.86. The van der Waals surface area contributed by atoms with E-state index in [1.165, 1.54) is 0 Å². The van der Waals surface area contributed by atoms with Crippen molar-refractivity contribution in [1.29, 1.82) is 0 Å². The van der Waals surface area contributed by atoms with Gasteiger partial charge in [0.25, 0.3) is 0 Å². The third kappa shape index (κ3) is 6.07. The number of aryl methyl sites for hydroxylation is 1. The van der Waals surface area contributed by atoms with E-state index >= 15 is 0 Å². The van der Waals surface area contributed by atoms with Gasteiger partial charge in [-0.15, -0.1) is 0 Å². The number of nitrogens with zero attached hydrogens (tertiary/aromatic N) is 1. The molecule has 5 nitrogen and oxygen atoms in total. The van der Waals surface area contributed by atoms with Crippen LogP contribution < -0.4 is 5.32 Å². The number of anilines is 1. The van der Waals surface area contributed by atoms with Crippen LogP contribution in [-0.4, -0.2) is 29.1 Å². The Balaban J connectivity index is 2.06. The van der Waals surface area contributed by atoms with Gasteiger partial charge >= 0.3 is 5.97 Å². The van der Waals surface area contributed by atoms with E-state index in [1.54, 1.807) is 19.3 Å². The summed E-state index contributed by atoms with van der Waals surface area (Å²) in [7, 11) is 0. The number of esters is 1. The monoisotopic (exact) mass is 380 g/mol. The van der Waals surface area contributed by atoms with E-state index in [-0.39, 0.29) is 12.4 Å². The molecule has 0 amide bonds. The van der Waals surface area contributed by atoms with Crippen LogP contribution in [0.5, 0.6) is 0 Å². The Bertz CT molecular complexity index is 719. The Morgan fingerprint density at radius 3 is 2.84 bits per heavy atom. The summed E-state index contributed by atoms with van der Waals surface area (Å²) < 4.78 is 10.4. The lowest BCUT2D eigenvalue weighted by atomic mass is 10.2. The molecule has 0 atom stereocenters. The van der Waals surface area contributed by atoms with Gasteiger partial charge in [0.15, 0.2) is 5.11 Å². The van der Waals surface area contributed by atoms with Crippen LogP contribution >= 0.6 is 23.8 Å². The highest BCUT2D eigenvalue weighted by atomic mass is 35.5. The number of nitrogens with one attached hydrogen (secondary N) is 1. The minimum Gasteiger partial charge on any atom is -0.467 e. The van der Waals surface area contributed by atoms with E-state index in [1.807, 2.05) is 36.1 Å². The SMILES string of the molecule is CCOC(=O)CCN(Cc1ccco1)C(=S)Nc1ccc(Cl)cc1C. The number of thiocarbonyl (C=S) groups is 1. The van der Waals surface area contributed by atoms with Gasteiger partial charge in [0.1, 0.15) is 5.76 Å². The Morgan fingerprint density at radius 1 is 1.40 bits per heavy atom. The topological polar surface area (TPSA) is 54.7 Å². The molecule has 2 rings (SSSR count). The van der Waals surface area contributed by atoms with Crippen LogP contribution in [0, 0.1) is 6.92 Å². The maximum Gasteiger partial charge on any atom is 0.307 e. The van der Waals surface area contributed by atoms with E-state index in [9.17, 15) is 4.79 Å². The summed E-state index contributed by atoms with van der Waals surface area (Å²) >= 11 is 11.5. The smallest absolute Gasteiger partial charge is 0.307 e. The number of furan rings is 1. The first-order valence-electron chi connectivity index (χ1n) is 7.99. The fourth-order valence-corrected chi connectivity index (χ4v) is 2.76. The number of hydrogen-bond donors (Lipinski definition) is 1. The fraction of sp³-hybridized carbons (Fsp3) is 0.333. The van der Waals surface area contributed by atoms with E-state index in [0.717, 1.165) is 17.0 Å². The molecule has 0 aliphatic heterocycles. The predicted octanol–water partition coefficient (Wildman–Crippen LogP) is 4.39. The zero-order valence-corrected chi connectivity index (χ0v) is 15.8. The van der Waals surface area contributed by atoms with Gasteiger partial charge in [-0.05, 0) is 62.0 Å². The molecule has 0 saturated carbocycles. The molecule has 0 aliphatic carbocycles. The molecule has 1 aromatic heterocycles. The van der Waals surface area contributed by atoms with Crippen molar-refractivity contribution >= 4 is 40.6 Å². The number of carbonyl (C=O) groups excluding carboxylic acids is 1. The minimum absolute atomic E-state index is 0.246. The molecule has 25 heavy (non-hydrogen) atoms. The Kier molecular flexibility index (Phi) is 7.28. The molecule has 0 fully saturated rings. The van der Waals surface area contributed by atoms with Crippen LogP contribution in [0.4, 0.5) is 5.69 Å². The molecule has 1 heterocycles. The average Bonchev–Trinajstić information content (AvgIpc) is 3.07. The number of carbonyl (C=O) groups is 1. The van der Waals surface area contributed by atoms with Crippen molar-refractivity contribution < 1.29 is 13.9 Å². The fourth-order valence-electron chi connectivity index (χ4n) is 2.26. The molecular weight excluding hydrogens is 360 g/mol. The molecule has 1 aromatic carbocycles. The summed E-state index contributed by atoms with van der Waals surface area (Å²) in [5, 5.41) is 4.39. The standard InChI is InChI=1S/C18H21ClN2O3S/c1-3-23-17(22)8-9-21(12-15-5-4-10-24-15)18(25)20-16-7-6-14(19)11-13(16)2/h4-7,10-11H,3,8-9,12H2,1-2H3,(H,20,25). The summed E-state index contributed by atoms with van der Waals surface area (Å²) in [6.45, 7) is 4.99. The molecule has 0 spiro atoms. The summed E-state index contributed by atoms with van der Waals surface area (Å²) in [5.74, 6) is 0.512. The third-order valence-corrected chi connectivity index (χ3v) is 4.13.